The summed E-state index contributed by atoms with van der Waals surface area (Å²) < 4.78 is 40.1. The molecule has 7 nitrogen and oxygen atoms in total. The van der Waals surface area contributed by atoms with Gasteiger partial charge in [-0.25, -0.2) is 0 Å². The highest BCUT2D eigenvalue weighted by Gasteiger charge is 2.39. The van der Waals surface area contributed by atoms with Gasteiger partial charge in [0.15, 0.2) is 0 Å². The number of likely N-dealkylation sites (N-methyl/N-ethyl adjacent to an activating group) is 1. The summed E-state index contributed by atoms with van der Waals surface area (Å²) in [5.74, 6) is -0.590. The standard InChI is InChI=1S/C26H27F3N4O3/c1-4-6-23(31(3)20-11-9-18(14-30)10-12-20)22-15-32(25(36)33(24(22)35)17(2)16-34)21-8-5-7-19(13-21)26(27,28)29/h5-13,15,17,25,34,36H,4,16H2,1-3H3/b23-6-. The van der Waals surface area contributed by atoms with Crippen molar-refractivity contribution in [1.82, 2.24) is 4.90 Å². The van der Waals surface area contributed by atoms with E-state index in [9.17, 15) is 28.2 Å². The van der Waals surface area contributed by atoms with Gasteiger partial charge in [-0.3, -0.25) is 9.69 Å². The highest BCUT2D eigenvalue weighted by atomic mass is 19.4. The molecule has 0 aromatic heterocycles. The summed E-state index contributed by atoms with van der Waals surface area (Å²) in [5.41, 5.74) is 0.816. The highest BCUT2D eigenvalue weighted by molar-refractivity contribution is 6.01. The summed E-state index contributed by atoms with van der Waals surface area (Å²) >= 11 is 0. The minimum Gasteiger partial charge on any atom is -0.394 e. The molecule has 0 spiro atoms. The number of aliphatic hydroxyl groups excluding tert-OH is 2. The Balaban J connectivity index is 2.16. The Morgan fingerprint density at radius 3 is 2.47 bits per heavy atom. The molecule has 1 heterocycles. The molecule has 1 amide bonds. The van der Waals surface area contributed by atoms with Gasteiger partial charge in [0.1, 0.15) is 0 Å². The van der Waals surface area contributed by atoms with Crippen molar-refractivity contribution in [2.45, 2.75) is 38.8 Å². The summed E-state index contributed by atoms with van der Waals surface area (Å²) in [7, 11) is 1.72. The quantitative estimate of drug-likeness (QED) is 0.592. The number of hydrogen-bond acceptors (Lipinski definition) is 6. The average molecular weight is 501 g/mol. The van der Waals surface area contributed by atoms with Gasteiger partial charge in [0.2, 0.25) is 6.35 Å². The number of halogens is 3. The summed E-state index contributed by atoms with van der Waals surface area (Å²) in [6.45, 7) is 2.93. The van der Waals surface area contributed by atoms with Crippen molar-refractivity contribution in [2.24, 2.45) is 0 Å². The van der Waals surface area contributed by atoms with Gasteiger partial charge in [-0.1, -0.05) is 19.1 Å². The number of carbonyl (C=O) groups excluding carboxylic acids is 1. The Morgan fingerprint density at radius 2 is 1.92 bits per heavy atom. The zero-order valence-electron chi connectivity index (χ0n) is 20.1. The molecule has 0 bridgehead atoms. The summed E-state index contributed by atoms with van der Waals surface area (Å²) in [4.78, 5) is 17.5. The van der Waals surface area contributed by atoms with Crippen molar-refractivity contribution >= 4 is 17.3 Å². The number of carbonyl (C=O) groups is 1. The molecule has 3 rings (SSSR count). The first-order valence-electron chi connectivity index (χ1n) is 11.3. The molecule has 36 heavy (non-hydrogen) atoms. The van der Waals surface area contributed by atoms with Crippen LogP contribution in [0.4, 0.5) is 24.5 Å². The maximum Gasteiger partial charge on any atom is 0.416 e. The number of anilines is 2. The predicted octanol–water partition coefficient (Wildman–Crippen LogP) is 4.20. The first kappa shape index (κ1) is 26.8. The number of allylic oxidation sites excluding steroid dienone is 1. The number of benzene rings is 2. The minimum atomic E-state index is -4.60. The third-order valence-corrected chi connectivity index (χ3v) is 5.86. The van der Waals surface area contributed by atoms with Crippen molar-refractivity contribution in [3.63, 3.8) is 0 Å². The van der Waals surface area contributed by atoms with E-state index in [2.05, 4.69) is 0 Å². The van der Waals surface area contributed by atoms with Crippen LogP contribution in [0.1, 0.15) is 31.4 Å². The van der Waals surface area contributed by atoms with Crippen molar-refractivity contribution in [1.29, 1.82) is 5.26 Å². The van der Waals surface area contributed by atoms with E-state index in [4.69, 9.17) is 5.26 Å². The third-order valence-electron chi connectivity index (χ3n) is 5.86. The minimum absolute atomic E-state index is 0.0225. The second kappa shape index (κ2) is 10.8. The highest BCUT2D eigenvalue weighted by Crippen LogP contribution is 2.35. The first-order valence-corrected chi connectivity index (χ1v) is 11.3. The van der Waals surface area contributed by atoms with Gasteiger partial charge in [-0.05, 0) is 55.8 Å². The van der Waals surface area contributed by atoms with E-state index in [1.54, 1.807) is 42.3 Å². The van der Waals surface area contributed by atoms with Crippen LogP contribution in [0.2, 0.25) is 0 Å². The molecule has 0 fully saturated rings. The largest absolute Gasteiger partial charge is 0.416 e. The Morgan fingerprint density at radius 1 is 1.25 bits per heavy atom. The molecule has 2 unspecified atom stereocenters. The Hall–Kier alpha value is -3.81. The topological polar surface area (TPSA) is 91.0 Å². The van der Waals surface area contributed by atoms with Gasteiger partial charge in [-0.15, -0.1) is 0 Å². The van der Waals surface area contributed by atoms with Crippen molar-refractivity contribution in [2.75, 3.05) is 23.5 Å². The normalized spacial score (nSPS) is 17.5. The van der Waals surface area contributed by atoms with Crippen LogP contribution < -0.4 is 9.80 Å². The van der Waals surface area contributed by atoms with Crippen LogP contribution >= 0.6 is 0 Å². The number of amides is 1. The fourth-order valence-corrected chi connectivity index (χ4v) is 3.90. The lowest BCUT2D eigenvalue weighted by molar-refractivity contribution is -0.143. The Labute approximate surface area is 207 Å². The second-order valence-corrected chi connectivity index (χ2v) is 8.30. The number of nitriles is 1. The molecule has 190 valence electrons. The van der Waals surface area contributed by atoms with E-state index in [1.165, 1.54) is 30.2 Å². The van der Waals surface area contributed by atoms with Gasteiger partial charge in [0.05, 0.1) is 41.1 Å². The van der Waals surface area contributed by atoms with Gasteiger partial charge >= 0.3 is 6.18 Å². The monoisotopic (exact) mass is 500 g/mol. The zero-order chi connectivity index (χ0) is 26.6. The molecular weight excluding hydrogens is 473 g/mol. The maximum atomic E-state index is 13.6. The van der Waals surface area contributed by atoms with Gasteiger partial charge in [0.25, 0.3) is 5.91 Å². The van der Waals surface area contributed by atoms with Gasteiger partial charge in [0, 0.05) is 24.6 Å². The van der Waals surface area contributed by atoms with E-state index in [0.717, 1.165) is 17.0 Å². The molecule has 1 aliphatic heterocycles. The summed E-state index contributed by atoms with van der Waals surface area (Å²) in [6.07, 6.45) is -2.60. The molecule has 2 aromatic rings. The SMILES string of the molecule is CC/C=C(/C1=CN(c2cccc(C(F)(F)F)c2)C(O)N(C(C)CO)C1=O)N(C)c1ccc(C#N)cc1. The van der Waals surface area contributed by atoms with Crippen LogP contribution in [0.15, 0.2) is 72.1 Å². The smallest absolute Gasteiger partial charge is 0.394 e. The van der Waals surface area contributed by atoms with Crippen LogP contribution in [0.5, 0.6) is 0 Å². The van der Waals surface area contributed by atoms with E-state index in [-0.39, 0.29) is 11.3 Å². The van der Waals surface area contributed by atoms with Crippen LogP contribution in [0, 0.1) is 11.3 Å². The van der Waals surface area contributed by atoms with Crippen molar-refractivity contribution in [3.05, 3.63) is 83.2 Å². The fourth-order valence-electron chi connectivity index (χ4n) is 3.90. The number of nitrogens with zero attached hydrogens (tertiary/aromatic N) is 4. The molecule has 2 atom stereocenters. The molecule has 0 saturated carbocycles. The van der Waals surface area contributed by atoms with E-state index in [0.29, 0.717) is 23.4 Å². The average Bonchev–Trinajstić information content (AvgIpc) is 2.87. The maximum absolute atomic E-state index is 13.6. The molecular formula is C26H27F3N4O3. The van der Waals surface area contributed by atoms with E-state index < -0.39 is 36.6 Å². The molecule has 2 N–H and O–H groups in total. The number of aliphatic hydroxyl groups is 2. The lowest BCUT2D eigenvalue weighted by atomic mass is 10.0. The van der Waals surface area contributed by atoms with Gasteiger partial charge < -0.3 is 20.0 Å². The lowest BCUT2D eigenvalue weighted by Crippen LogP contribution is -2.58. The molecule has 2 aromatic carbocycles. The Bertz CT molecular complexity index is 1200. The lowest BCUT2D eigenvalue weighted by Gasteiger charge is -2.43. The number of alkyl halides is 3. The molecule has 0 aliphatic carbocycles. The molecule has 0 saturated heterocycles. The van der Waals surface area contributed by atoms with Crippen LogP contribution in [-0.4, -0.2) is 47.1 Å². The van der Waals surface area contributed by atoms with Crippen LogP contribution in [0.3, 0.4) is 0 Å². The second-order valence-electron chi connectivity index (χ2n) is 8.30. The first-order chi connectivity index (χ1) is 17.0. The van der Waals surface area contributed by atoms with Crippen molar-refractivity contribution in [3.8, 4) is 6.07 Å². The van der Waals surface area contributed by atoms with Crippen LogP contribution in [-0.2, 0) is 11.0 Å². The summed E-state index contributed by atoms with van der Waals surface area (Å²) in [5, 5.41) is 29.9. The number of rotatable bonds is 7. The zero-order valence-corrected chi connectivity index (χ0v) is 20.1. The summed E-state index contributed by atoms with van der Waals surface area (Å²) in [6, 6.07) is 12.3. The van der Waals surface area contributed by atoms with Crippen molar-refractivity contribution < 1.29 is 28.2 Å². The molecule has 0 radical (unpaired) electrons. The third kappa shape index (κ3) is 5.37. The molecule has 10 heteroatoms. The number of hydrogen-bond donors (Lipinski definition) is 2. The van der Waals surface area contributed by atoms with E-state index in [1.807, 2.05) is 13.0 Å². The molecule has 1 aliphatic rings. The fraction of sp³-hybridized carbons (Fsp3) is 0.308. The predicted molar refractivity (Wildman–Crippen MR) is 129 cm³/mol. The van der Waals surface area contributed by atoms with Crippen LogP contribution in [0.25, 0.3) is 0 Å². The van der Waals surface area contributed by atoms with E-state index >= 15 is 0 Å². The van der Waals surface area contributed by atoms with Gasteiger partial charge in [-0.2, -0.15) is 18.4 Å². The Kier molecular flexibility index (Phi) is 8.07.